The molecule has 0 aromatic carbocycles. The molecule has 6 heteroatoms. The summed E-state index contributed by atoms with van der Waals surface area (Å²) in [5.74, 6) is -3.75. The van der Waals surface area contributed by atoms with Gasteiger partial charge in [-0.25, -0.2) is 8.78 Å². The van der Waals surface area contributed by atoms with Crippen LogP contribution in [-0.4, -0.2) is 49.5 Å². The maximum atomic E-state index is 13.0. The molecule has 0 aromatic heterocycles. The minimum absolute atomic E-state index is 0.120. The largest absolute Gasteiger partial charge is 0.319 e. The number of rotatable bonds is 4. The predicted octanol–water partition coefficient (Wildman–Crippen LogP) is 2.21. The Morgan fingerprint density at radius 2 is 1.94 bits per heavy atom. The quantitative estimate of drug-likeness (QED) is 0.776. The molecule has 1 heterocycles. The first kappa shape index (κ1) is 14.7. The summed E-state index contributed by atoms with van der Waals surface area (Å²) < 4.78 is 50.3. The summed E-state index contributed by atoms with van der Waals surface area (Å²) in [5.41, 5.74) is 0. The minimum atomic E-state index is -3.92. The molecule has 0 radical (unpaired) electrons. The molecule has 1 aliphatic rings. The Morgan fingerprint density at radius 1 is 1.35 bits per heavy atom. The van der Waals surface area contributed by atoms with E-state index in [-0.39, 0.29) is 18.0 Å². The molecule has 0 bridgehead atoms. The summed E-state index contributed by atoms with van der Waals surface area (Å²) in [6.45, 7) is 3.35. The van der Waals surface area contributed by atoms with E-state index in [0.29, 0.717) is 13.0 Å². The number of likely N-dealkylation sites (tertiary alicyclic amines) is 1. The molecule has 0 saturated carbocycles. The molecular weight excluding hydrogens is 236 g/mol. The van der Waals surface area contributed by atoms with Gasteiger partial charge in [-0.1, -0.05) is 6.92 Å². The molecule has 1 N–H and O–H groups in total. The molecule has 17 heavy (non-hydrogen) atoms. The topological polar surface area (TPSA) is 15.3 Å². The number of hydrogen-bond acceptors (Lipinski definition) is 2. The van der Waals surface area contributed by atoms with Gasteiger partial charge >= 0.3 is 12.3 Å². The third kappa shape index (κ3) is 3.31. The van der Waals surface area contributed by atoms with Gasteiger partial charge in [0, 0.05) is 18.6 Å². The number of hydrogen-bond donors (Lipinski definition) is 1. The second kappa shape index (κ2) is 5.52. The van der Waals surface area contributed by atoms with Crippen LogP contribution in [0.2, 0.25) is 0 Å². The zero-order valence-electron chi connectivity index (χ0n) is 10.4. The first-order valence-corrected chi connectivity index (χ1v) is 5.87. The fraction of sp³-hybridized carbons (Fsp3) is 1.00. The molecule has 102 valence electrons. The summed E-state index contributed by atoms with van der Waals surface area (Å²) in [7, 11) is 1.83. The Morgan fingerprint density at radius 3 is 2.41 bits per heavy atom. The lowest BCUT2D eigenvalue weighted by molar-refractivity contribution is -0.150. The average Bonchev–Trinajstić information content (AvgIpc) is 2.25. The van der Waals surface area contributed by atoms with Crippen molar-refractivity contribution in [1.29, 1.82) is 0 Å². The van der Waals surface area contributed by atoms with Crippen LogP contribution >= 0.6 is 0 Å². The lowest BCUT2D eigenvalue weighted by Gasteiger charge is -2.43. The SMILES string of the molecule is CNC1CCN(CC(F)(F)C(F)F)C(C)C1C. The highest BCUT2D eigenvalue weighted by Crippen LogP contribution is 2.29. The molecular formula is C11H20F4N2. The number of nitrogens with zero attached hydrogens (tertiary/aromatic N) is 1. The van der Waals surface area contributed by atoms with Crippen LogP contribution in [0.5, 0.6) is 0 Å². The molecule has 1 fully saturated rings. The number of alkyl halides is 4. The van der Waals surface area contributed by atoms with Crippen molar-refractivity contribution in [2.45, 2.75) is 44.7 Å². The zero-order chi connectivity index (χ0) is 13.2. The highest BCUT2D eigenvalue weighted by atomic mass is 19.3. The van der Waals surface area contributed by atoms with Crippen molar-refractivity contribution in [3.8, 4) is 0 Å². The summed E-state index contributed by atoms with van der Waals surface area (Å²) in [6, 6.07) is 0.146. The number of nitrogens with one attached hydrogen (secondary N) is 1. The maximum absolute atomic E-state index is 13.0. The summed E-state index contributed by atoms with van der Waals surface area (Å²) in [6.07, 6.45) is -2.88. The second-order valence-corrected chi connectivity index (χ2v) is 4.82. The van der Waals surface area contributed by atoms with Crippen LogP contribution in [0.4, 0.5) is 17.6 Å². The van der Waals surface area contributed by atoms with Gasteiger partial charge in [0.15, 0.2) is 0 Å². The smallest absolute Gasteiger partial charge is 0.317 e. The van der Waals surface area contributed by atoms with Crippen LogP contribution in [0.3, 0.4) is 0 Å². The normalized spacial score (nSPS) is 32.1. The fourth-order valence-electron chi connectivity index (χ4n) is 2.41. The zero-order valence-corrected chi connectivity index (χ0v) is 10.4. The minimum Gasteiger partial charge on any atom is -0.317 e. The summed E-state index contributed by atoms with van der Waals surface area (Å²) in [5, 5.41) is 3.13. The highest BCUT2D eigenvalue weighted by molar-refractivity contribution is 4.90. The first-order valence-electron chi connectivity index (χ1n) is 5.87. The van der Waals surface area contributed by atoms with Gasteiger partial charge in [0.25, 0.3) is 0 Å². The maximum Gasteiger partial charge on any atom is 0.319 e. The monoisotopic (exact) mass is 256 g/mol. The number of piperidine rings is 1. The average molecular weight is 256 g/mol. The standard InChI is InChI=1S/C11H20F4N2/c1-7-8(2)17(5-4-9(7)16-3)6-11(14,15)10(12)13/h7-10,16H,4-6H2,1-3H3. The van der Waals surface area contributed by atoms with E-state index in [1.165, 1.54) is 4.90 Å². The Kier molecular flexibility index (Phi) is 4.77. The van der Waals surface area contributed by atoms with Crippen LogP contribution in [0.1, 0.15) is 20.3 Å². The van der Waals surface area contributed by atoms with E-state index in [1.54, 1.807) is 0 Å². The fourth-order valence-corrected chi connectivity index (χ4v) is 2.41. The third-order valence-corrected chi connectivity index (χ3v) is 3.80. The Bertz CT molecular complexity index is 248. The van der Waals surface area contributed by atoms with Gasteiger partial charge in [-0.15, -0.1) is 0 Å². The molecule has 1 aliphatic heterocycles. The summed E-state index contributed by atoms with van der Waals surface area (Å²) in [4.78, 5) is 1.46. The van der Waals surface area contributed by atoms with E-state index in [9.17, 15) is 17.6 Å². The molecule has 1 saturated heterocycles. The van der Waals surface area contributed by atoms with Crippen molar-refractivity contribution in [3.05, 3.63) is 0 Å². The Labute approximate surface area is 99.4 Å². The van der Waals surface area contributed by atoms with Crippen LogP contribution in [-0.2, 0) is 0 Å². The van der Waals surface area contributed by atoms with Crippen LogP contribution < -0.4 is 5.32 Å². The van der Waals surface area contributed by atoms with Crippen molar-refractivity contribution in [2.75, 3.05) is 20.1 Å². The van der Waals surface area contributed by atoms with E-state index in [4.69, 9.17) is 0 Å². The van der Waals surface area contributed by atoms with E-state index in [0.717, 1.165) is 0 Å². The van der Waals surface area contributed by atoms with Gasteiger partial charge in [0.05, 0.1) is 6.54 Å². The van der Waals surface area contributed by atoms with Crippen molar-refractivity contribution >= 4 is 0 Å². The van der Waals surface area contributed by atoms with E-state index in [1.807, 2.05) is 20.9 Å². The van der Waals surface area contributed by atoms with Crippen molar-refractivity contribution in [2.24, 2.45) is 5.92 Å². The molecule has 1 rings (SSSR count). The molecule has 3 atom stereocenters. The molecule has 0 spiro atoms. The van der Waals surface area contributed by atoms with Gasteiger partial charge < -0.3 is 5.32 Å². The first-order chi connectivity index (χ1) is 7.79. The predicted molar refractivity (Wildman–Crippen MR) is 58.6 cm³/mol. The van der Waals surface area contributed by atoms with E-state index in [2.05, 4.69) is 5.32 Å². The van der Waals surface area contributed by atoms with E-state index < -0.39 is 18.9 Å². The van der Waals surface area contributed by atoms with Gasteiger partial charge in [-0.2, -0.15) is 8.78 Å². The number of halogens is 4. The van der Waals surface area contributed by atoms with Crippen LogP contribution in [0, 0.1) is 5.92 Å². The second-order valence-electron chi connectivity index (χ2n) is 4.82. The van der Waals surface area contributed by atoms with Crippen LogP contribution in [0.25, 0.3) is 0 Å². The lowest BCUT2D eigenvalue weighted by atomic mass is 9.87. The van der Waals surface area contributed by atoms with Gasteiger partial charge in [0.2, 0.25) is 0 Å². The molecule has 0 aromatic rings. The molecule has 3 unspecified atom stereocenters. The van der Waals surface area contributed by atoms with Crippen molar-refractivity contribution < 1.29 is 17.6 Å². The van der Waals surface area contributed by atoms with Gasteiger partial charge in [-0.3, -0.25) is 4.90 Å². The summed E-state index contributed by atoms with van der Waals surface area (Å²) >= 11 is 0. The van der Waals surface area contributed by atoms with Crippen LogP contribution in [0.15, 0.2) is 0 Å². The van der Waals surface area contributed by atoms with Crippen molar-refractivity contribution in [1.82, 2.24) is 10.2 Å². The molecule has 0 aliphatic carbocycles. The Hall–Kier alpha value is -0.360. The third-order valence-electron chi connectivity index (χ3n) is 3.80. The van der Waals surface area contributed by atoms with Gasteiger partial charge in [0.1, 0.15) is 0 Å². The molecule has 0 amide bonds. The Balaban J connectivity index is 2.62. The van der Waals surface area contributed by atoms with Gasteiger partial charge in [-0.05, 0) is 26.3 Å². The molecule has 2 nitrogen and oxygen atoms in total. The van der Waals surface area contributed by atoms with E-state index >= 15 is 0 Å². The van der Waals surface area contributed by atoms with Crippen molar-refractivity contribution in [3.63, 3.8) is 0 Å². The highest BCUT2D eigenvalue weighted by Gasteiger charge is 2.45. The lowest BCUT2D eigenvalue weighted by Crippen LogP contribution is -2.56.